The van der Waals surface area contributed by atoms with Gasteiger partial charge in [0.15, 0.2) is 0 Å². The van der Waals surface area contributed by atoms with E-state index in [0.29, 0.717) is 17.6 Å². The van der Waals surface area contributed by atoms with Crippen molar-refractivity contribution in [1.82, 2.24) is 0 Å². The average molecular weight is 449 g/mol. The van der Waals surface area contributed by atoms with Crippen LogP contribution in [-0.4, -0.2) is 20.7 Å². The minimum Gasteiger partial charge on any atom is -0.407 e. The van der Waals surface area contributed by atoms with Crippen LogP contribution in [0.25, 0.3) is 0 Å². The van der Waals surface area contributed by atoms with Crippen LogP contribution in [0.3, 0.4) is 0 Å². The highest BCUT2D eigenvalue weighted by Crippen LogP contribution is 2.56. The van der Waals surface area contributed by atoms with E-state index in [9.17, 15) is 4.79 Å². The van der Waals surface area contributed by atoms with Gasteiger partial charge in [-0.05, 0) is 58.3 Å². The van der Waals surface area contributed by atoms with Gasteiger partial charge >= 0.3 is 0 Å². The van der Waals surface area contributed by atoms with Gasteiger partial charge in [0.2, 0.25) is 0 Å². The van der Waals surface area contributed by atoms with Crippen molar-refractivity contribution in [3.05, 3.63) is 60.7 Å². The molecule has 0 radical (unpaired) electrons. The number of benzene rings is 2. The fraction of sp³-hybridized carbons (Fsp3) is 0.552. The zero-order valence-electron chi connectivity index (χ0n) is 20.6. The van der Waals surface area contributed by atoms with Gasteiger partial charge in [-0.3, -0.25) is 4.79 Å². The molecule has 0 spiro atoms. The number of hydrogen-bond acceptors (Lipinski definition) is 2. The molecule has 2 aromatic carbocycles. The summed E-state index contributed by atoms with van der Waals surface area (Å²) in [5.74, 6) is 1.80. The van der Waals surface area contributed by atoms with Gasteiger partial charge in [0.05, 0.1) is 0 Å². The normalized spacial score (nSPS) is 27.2. The molecule has 32 heavy (non-hydrogen) atoms. The molecule has 0 amide bonds. The lowest BCUT2D eigenvalue weighted by atomic mass is 9.62. The Bertz CT molecular complexity index is 878. The molecule has 0 saturated heterocycles. The van der Waals surface area contributed by atoms with Crippen molar-refractivity contribution >= 4 is 24.5 Å². The lowest BCUT2D eigenvalue weighted by molar-refractivity contribution is -0.130. The van der Waals surface area contributed by atoms with E-state index < -0.39 is 8.32 Å². The van der Waals surface area contributed by atoms with Gasteiger partial charge in [-0.1, -0.05) is 95.3 Å². The summed E-state index contributed by atoms with van der Waals surface area (Å²) in [4.78, 5) is 12.6. The van der Waals surface area contributed by atoms with Crippen molar-refractivity contribution in [2.45, 2.75) is 71.8 Å². The first-order chi connectivity index (χ1) is 15.2. The molecular formula is C29H40O2Si. The van der Waals surface area contributed by atoms with Gasteiger partial charge in [0.1, 0.15) is 5.78 Å². The first-order valence-electron chi connectivity index (χ1n) is 12.5. The molecule has 172 valence electrons. The van der Waals surface area contributed by atoms with Crippen LogP contribution >= 0.6 is 0 Å². The zero-order chi connectivity index (χ0) is 23.0. The van der Waals surface area contributed by atoms with Gasteiger partial charge in [-0.2, -0.15) is 0 Å². The average Bonchev–Trinajstić information content (AvgIpc) is 3.13. The summed E-state index contributed by atoms with van der Waals surface area (Å²) in [7, 11) is -2.51. The summed E-state index contributed by atoms with van der Waals surface area (Å²) in [5, 5.41) is 2.68. The molecule has 1 unspecified atom stereocenters. The largest absolute Gasteiger partial charge is 0.407 e. The number of carbonyl (C=O) groups excluding carboxylic acids is 1. The van der Waals surface area contributed by atoms with E-state index in [4.69, 9.17) is 4.43 Å². The summed E-state index contributed by atoms with van der Waals surface area (Å²) in [6, 6.07) is 21.8. The zero-order valence-corrected chi connectivity index (χ0v) is 21.6. The number of rotatable bonds is 6. The number of carbonyl (C=O) groups is 1. The molecule has 2 fully saturated rings. The molecule has 2 saturated carbocycles. The molecule has 0 aromatic heterocycles. The summed E-state index contributed by atoms with van der Waals surface area (Å²) in [5.41, 5.74) is 0.156. The van der Waals surface area contributed by atoms with E-state index in [1.54, 1.807) is 0 Å². The first kappa shape index (κ1) is 23.4. The van der Waals surface area contributed by atoms with Crippen molar-refractivity contribution in [1.29, 1.82) is 0 Å². The smallest absolute Gasteiger partial charge is 0.261 e. The SMILES string of the molecule is CC(CO[Si](c1ccccc1)(c1ccccc1)C(C)(C)C)[C@H]1CC[C@H]2C(=O)CCC[C@@]12C. The lowest BCUT2D eigenvalue weighted by Crippen LogP contribution is -2.67. The van der Waals surface area contributed by atoms with Gasteiger partial charge in [-0.25, -0.2) is 0 Å². The third-order valence-corrected chi connectivity index (χ3v) is 13.6. The predicted molar refractivity (Wildman–Crippen MR) is 136 cm³/mol. The molecule has 4 atom stereocenters. The summed E-state index contributed by atoms with van der Waals surface area (Å²) in [6.07, 6.45) is 5.28. The van der Waals surface area contributed by atoms with Crippen LogP contribution < -0.4 is 10.4 Å². The maximum absolute atomic E-state index is 12.6. The third kappa shape index (κ3) is 3.92. The Labute approximate surface area is 195 Å². The number of ketones is 1. The van der Waals surface area contributed by atoms with Gasteiger partial charge in [0.25, 0.3) is 8.32 Å². The quantitative estimate of drug-likeness (QED) is 0.508. The molecule has 2 aromatic rings. The van der Waals surface area contributed by atoms with E-state index >= 15 is 0 Å². The Morgan fingerprint density at radius 3 is 2.09 bits per heavy atom. The fourth-order valence-electron chi connectivity index (χ4n) is 7.04. The van der Waals surface area contributed by atoms with Crippen LogP contribution in [0.4, 0.5) is 0 Å². The molecule has 3 heteroatoms. The van der Waals surface area contributed by atoms with Crippen LogP contribution in [0.5, 0.6) is 0 Å². The van der Waals surface area contributed by atoms with E-state index in [0.717, 1.165) is 32.3 Å². The molecule has 2 nitrogen and oxygen atoms in total. The van der Waals surface area contributed by atoms with E-state index in [-0.39, 0.29) is 16.4 Å². The second-order valence-electron chi connectivity index (χ2n) is 11.5. The summed E-state index contributed by atoms with van der Waals surface area (Å²) >= 11 is 0. The van der Waals surface area contributed by atoms with Crippen molar-refractivity contribution in [2.24, 2.45) is 23.2 Å². The topological polar surface area (TPSA) is 26.3 Å². The lowest BCUT2D eigenvalue weighted by Gasteiger charge is -2.46. The van der Waals surface area contributed by atoms with Crippen LogP contribution in [0.2, 0.25) is 5.04 Å². The van der Waals surface area contributed by atoms with Crippen molar-refractivity contribution in [3.8, 4) is 0 Å². The van der Waals surface area contributed by atoms with Crippen molar-refractivity contribution < 1.29 is 9.22 Å². The van der Waals surface area contributed by atoms with Crippen LogP contribution in [0.1, 0.15) is 66.7 Å². The first-order valence-corrected chi connectivity index (χ1v) is 14.4. The summed E-state index contributed by atoms with van der Waals surface area (Å²) < 4.78 is 7.25. The molecule has 0 N–H and O–H groups in total. The maximum atomic E-state index is 12.6. The Balaban J connectivity index is 1.66. The van der Waals surface area contributed by atoms with Gasteiger partial charge in [-0.15, -0.1) is 0 Å². The Kier molecular flexibility index (Phi) is 6.53. The van der Waals surface area contributed by atoms with Gasteiger partial charge in [0, 0.05) is 18.9 Å². The van der Waals surface area contributed by atoms with Crippen LogP contribution in [-0.2, 0) is 9.22 Å². The molecule has 2 aliphatic carbocycles. The Hall–Kier alpha value is -1.71. The molecule has 0 bridgehead atoms. The summed E-state index contributed by atoms with van der Waals surface area (Å²) in [6.45, 7) is 12.6. The highest BCUT2D eigenvalue weighted by Gasteiger charge is 2.54. The molecule has 0 heterocycles. The van der Waals surface area contributed by atoms with E-state index in [1.165, 1.54) is 16.8 Å². The second-order valence-corrected chi connectivity index (χ2v) is 15.8. The Morgan fingerprint density at radius 2 is 1.56 bits per heavy atom. The highest BCUT2D eigenvalue weighted by molar-refractivity contribution is 6.99. The number of hydrogen-bond donors (Lipinski definition) is 0. The highest BCUT2D eigenvalue weighted by atomic mass is 28.4. The minimum atomic E-state index is -2.51. The van der Waals surface area contributed by atoms with Crippen LogP contribution in [0, 0.1) is 23.2 Å². The number of fused-ring (bicyclic) bond motifs is 1. The molecule has 4 rings (SSSR count). The third-order valence-electron chi connectivity index (χ3n) is 8.60. The molecule has 0 aliphatic heterocycles. The second kappa shape index (κ2) is 8.91. The van der Waals surface area contributed by atoms with Crippen molar-refractivity contribution in [3.63, 3.8) is 0 Å². The fourth-order valence-corrected chi connectivity index (χ4v) is 11.7. The van der Waals surface area contributed by atoms with E-state index in [2.05, 4.69) is 95.3 Å². The van der Waals surface area contributed by atoms with Crippen molar-refractivity contribution in [2.75, 3.05) is 6.61 Å². The predicted octanol–water partition coefficient (Wildman–Crippen LogP) is 5.98. The maximum Gasteiger partial charge on any atom is 0.261 e. The Morgan fingerprint density at radius 1 is 1.00 bits per heavy atom. The minimum absolute atomic E-state index is 0.00164. The molecular weight excluding hydrogens is 408 g/mol. The van der Waals surface area contributed by atoms with Crippen LogP contribution in [0.15, 0.2) is 60.7 Å². The molecule has 2 aliphatic rings. The van der Waals surface area contributed by atoms with Gasteiger partial charge < -0.3 is 4.43 Å². The number of Topliss-reactive ketones (excluding diaryl/α,β-unsaturated/α-hetero) is 1. The standard InChI is InChI=1S/C29H40O2Si/c1-22(25-18-19-26-27(30)17-12-20-29(25,26)5)21-31-32(28(2,3)4,23-13-8-6-9-14-23)24-15-10-7-11-16-24/h6-11,13-16,22,25-26H,12,17-21H2,1-5H3/t22?,25-,26+,29+/m1/s1. The monoisotopic (exact) mass is 448 g/mol. The van der Waals surface area contributed by atoms with E-state index in [1.807, 2.05) is 0 Å².